The number of nitrogens with one attached hydrogen (secondary N) is 1. The lowest BCUT2D eigenvalue weighted by molar-refractivity contribution is 0.0909. The lowest BCUT2D eigenvalue weighted by Gasteiger charge is -2.21. The number of aromatic nitrogens is 2. The Labute approximate surface area is 125 Å². The molecule has 0 aromatic carbocycles. The molecule has 1 amide bonds. The van der Waals surface area contributed by atoms with E-state index in [0.717, 1.165) is 12.8 Å². The minimum atomic E-state index is -0.313. The smallest absolute Gasteiger partial charge is 0.271 e. The van der Waals surface area contributed by atoms with E-state index in [1.807, 2.05) is 20.8 Å². The van der Waals surface area contributed by atoms with E-state index in [1.54, 1.807) is 0 Å². The van der Waals surface area contributed by atoms with Crippen LogP contribution in [0.2, 0.25) is 0 Å². The van der Waals surface area contributed by atoms with E-state index >= 15 is 0 Å². The van der Waals surface area contributed by atoms with Crippen molar-refractivity contribution in [3.8, 4) is 0 Å². The summed E-state index contributed by atoms with van der Waals surface area (Å²) in [5.74, 6) is -0.0977. The number of amides is 1. The molecule has 2 N–H and O–H groups in total. The van der Waals surface area contributed by atoms with Gasteiger partial charge in [0.15, 0.2) is 0 Å². The first-order valence-corrected chi connectivity index (χ1v) is 7.49. The summed E-state index contributed by atoms with van der Waals surface area (Å²) < 4.78 is 1.33. The van der Waals surface area contributed by atoms with Crippen LogP contribution in [0.5, 0.6) is 0 Å². The summed E-state index contributed by atoms with van der Waals surface area (Å²) in [6, 6.07) is 2.70. The van der Waals surface area contributed by atoms with Crippen molar-refractivity contribution in [2.45, 2.75) is 52.6 Å². The molecule has 0 aliphatic rings. The summed E-state index contributed by atoms with van der Waals surface area (Å²) >= 11 is 0. The number of hydrogen-bond acceptors (Lipinski definition) is 4. The molecular weight excluding hydrogens is 270 g/mol. The standard InChI is InChI=1S/C15H25N3O3/c1-4-5-9-18-14(20)7-6-13(17-18)15(21)16-12(8-10-19)11(2)3/h6-7,11-12,19H,4-5,8-10H2,1-3H3,(H,16,21). The van der Waals surface area contributed by atoms with Gasteiger partial charge in [-0.3, -0.25) is 9.59 Å². The van der Waals surface area contributed by atoms with E-state index < -0.39 is 0 Å². The van der Waals surface area contributed by atoms with Crippen LogP contribution < -0.4 is 10.9 Å². The van der Waals surface area contributed by atoms with Gasteiger partial charge in [-0.1, -0.05) is 27.2 Å². The van der Waals surface area contributed by atoms with E-state index in [4.69, 9.17) is 5.11 Å². The van der Waals surface area contributed by atoms with Gasteiger partial charge in [0.1, 0.15) is 5.69 Å². The molecule has 1 rings (SSSR count). The van der Waals surface area contributed by atoms with Gasteiger partial charge in [-0.05, 0) is 24.8 Å². The largest absolute Gasteiger partial charge is 0.396 e. The second-order valence-corrected chi connectivity index (χ2v) is 5.47. The van der Waals surface area contributed by atoms with Crippen molar-refractivity contribution < 1.29 is 9.90 Å². The van der Waals surface area contributed by atoms with Crippen molar-refractivity contribution in [1.82, 2.24) is 15.1 Å². The zero-order valence-corrected chi connectivity index (χ0v) is 13.0. The molecule has 118 valence electrons. The molecule has 21 heavy (non-hydrogen) atoms. The summed E-state index contributed by atoms with van der Waals surface area (Å²) in [7, 11) is 0. The Hall–Kier alpha value is -1.69. The van der Waals surface area contributed by atoms with Crippen LogP contribution in [-0.4, -0.2) is 33.4 Å². The van der Waals surface area contributed by atoms with Gasteiger partial charge in [0, 0.05) is 25.3 Å². The van der Waals surface area contributed by atoms with Gasteiger partial charge in [0.05, 0.1) is 0 Å². The average molecular weight is 295 g/mol. The minimum absolute atomic E-state index is 0.0204. The van der Waals surface area contributed by atoms with Crippen LogP contribution in [0.4, 0.5) is 0 Å². The maximum atomic E-state index is 12.2. The number of unbranched alkanes of at least 4 members (excludes halogenated alkanes) is 1. The van der Waals surface area contributed by atoms with E-state index in [0.29, 0.717) is 13.0 Å². The van der Waals surface area contributed by atoms with E-state index in [9.17, 15) is 9.59 Å². The van der Waals surface area contributed by atoms with Gasteiger partial charge in [-0.25, -0.2) is 4.68 Å². The second-order valence-electron chi connectivity index (χ2n) is 5.47. The highest BCUT2D eigenvalue weighted by atomic mass is 16.3. The Balaban J connectivity index is 2.84. The Morgan fingerprint density at radius 1 is 1.43 bits per heavy atom. The Kier molecular flexibility index (Phi) is 7.08. The molecule has 1 aromatic heterocycles. The summed E-state index contributed by atoms with van der Waals surface area (Å²) in [5.41, 5.74) is 0.0325. The normalized spacial score (nSPS) is 12.4. The molecule has 0 radical (unpaired) electrons. The molecule has 1 heterocycles. The number of aliphatic hydroxyl groups is 1. The fourth-order valence-corrected chi connectivity index (χ4v) is 1.99. The molecule has 0 fully saturated rings. The van der Waals surface area contributed by atoms with Crippen molar-refractivity contribution >= 4 is 5.91 Å². The van der Waals surface area contributed by atoms with E-state index in [-0.39, 0.29) is 35.7 Å². The molecule has 0 aliphatic heterocycles. The van der Waals surface area contributed by atoms with Crippen LogP contribution >= 0.6 is 0 Å². The summed E-state index contributed by atoms with van der Waals surface area (Å²) in [5, 5.41) is 16.0. The number of aliphatic hydroxyl groups excluding tert-OH is 1. The molecule has 6 nitrogen and oxygen atoms in total. The number of carbonyl (C=O) groups is 1. The Morgan fingerprint density at radius 2 is 2.14 bits per heavy atom. The topological polar surface area (TPSA) is 84.2 Å². The monoisotopic (exact) mass is 295 g/mol. The molecule has 1 aromatic rings. The predicted molar refractivity (Wildman–Crippen MR) is 81.2 cm³/mol. The van der Waals surface area contributed by atoms with Crippen molar-refractivity contribution in [3.05, 3.63) is 28.2 Å². The van der Waals surface area contributed by atoms with Gasteiger partial charge < -0.3 is 10.4 Å². The molecule has 0 saturated heterocycles. The van der Waals surface area contributed by atoms with Crippen LogP contribution in [0.15, 0.2) is 16.9 Å². The van der Waals surface area contributed by atoms with Crippen molar-refractivity contribution in [2.75, 3.05) is 6.61 Å². The van der Waals surface area contributed by atoms with Gasteiger partial charge in [0.25, 0.3) is 11.5 Å². The number of hydrogen-bond donors (Lipinski definition) is 2. The fourth-order valence-electron chi connectivity index (χ4n) is 1.99. The highest BCUT2D eigenvalue weighted by molar-refractivity contribution is 5.92. The molecule has 0 spiro atoms. The third-order valence-corrected chi connectivity index (χ3v) is 3.38. The molecule has 0 bridgehead atoms. The highest BCUT2D eigenvalue weighted by Gasteiger charge is 2.18. The Bertz CT molecular complexity index is 511. The fraction of sp³-hybridized carbons (Fsp3) is 0.667. The van der Waals surface area contributed by atoms with Gasteiger partial charge in [-0.2, -0.15) is 5.10 Å². The SMILES string of the molecule is CCCCn1nc(C(=O)NC(CCO)C(C)C)ccc1=O. The average Bonchev–Trinajstić information content (AvgIpc) is 2.45. The van der Waals surface area contributed by atoms with E-state index in [1.165, 1.54) is 16.8 Å². The van der Waals surface area contributed by atoms with Gasteiger partial charge in [0.2, 0.25) is 0 Å². The second kappa shape index (κ2) is 8.56. The first kappa shape index (κ1) is 17.4. The van der Waals surface area contributed by atoms with Crippen LogP contribution in [0, 0.1) is 5.92 Å². The number of rotatable bonds is 8. The Morgan fingerprint density at radius 3 is 2.71 bits per heavy atom. The number of aryl methyl sites for hydroxylation is 1. The van der Waals surface area contributed by atoms with Crippen LogP contribution in [-0.2, 0) is 6.54 Å². The third kappa shape index (κ3) is 5.30. The quantitative estimate of drug-likeness (QED) is 0.754. The van der Waals surface area contributed by atoms with Gasteiger partial charge in [-0.15, -0.1) is 0 Å². The number of carbonyl (C=O) groups excluding carboxylic acids is 1. The van der Waals surface area contributed by atoms with Crippen LogP contribution in [0.25, 0.3) is 0 Å². The maximum absolute atomic E-state index is 12.2. The molecule has 0 saturated carbocycles. The molecule has 1 atom stereocenters. The summed E-state index contributed by atoms with van der Waals surface area (Å²) in [4.78, 5) is 23.9. The molecular formula is C15H25N3O3. The van der Waals surface area contributed by atoms with Crippen molar-refractivity contribution in [2.24, 2.45) is 5.92 Å². The lowest BCUT2D eigenvalue weighted by Crippen LogP contribution is -2.40. The molecule has 1 unspecified atom stereocenters. The zero-order chi connectivity index (χ0) is 15.8. The van der Waals surface area contributed by atoms with Crippen molar-refractivity contribution in [3.63, 3.8) is 0 Å². The lowest BCUT2D eigenvalue weighted by atomic mass is 10.0. The molecule has 6 heteroatoms. The van der Waals surface area contributed by atoms with Crippen molar-refractivity contribution in [1.29, 1.82) is 0 Å². The first-order valence-electron chi connectivity index (χ1n) is 7.49. The van der Waals surface area contributed by atoms with Gasteiger partial charge >= 0.3 is 0 Å². The zero-order valence-electron chi connectivity index (χ0n) is 13.0. The van der Waals surface area contributed by atoms with Crippen LogP contribution in [0.1, 0.15) is 50.5 Å². The third-order valence-electron chi connectivity index (χ3n) is 3.38. The maximum Gasteiger partial charge on any atom is 0.271 e. The highest BCUT2D eigenvalue weighted by Crippen LogP contribution is 2.06. The summed E-state index contributed by atoms with van der Waals surface area (Å²) in [6.45, 7) is 6.53. The first-order chi connectivity index (χ1) is 9.99. The predicted octanol–water partition coefficient (Wildman–Crippen LogP) is 1.18. The number of nitrogens with zero attached hydrogens (tertiary/aromatic N) is 2. The van der Waals surface area contributed by atoms with Crippen LogP contribution in [0.3, 0.4) is 0 Å². The molecule has 0 aliphatic carbocycles. The minimum Gasteiger partial charge on any atom is -0.396 e. The van der Waals surface area contributed by atoms with E-state index in [2.05, 4.69) is 10.4 Å². The summed E-state index contributed by atoms with van der Waals surface area (Å²) in [6.07, 6.45) is 2.30.